The van der Waals surface area contributed by atoms with E-state index in [0.717, 1.165) is 4.90 Å². The highest BCUT2D eigenvalue weighted by Gasteiger charge is 2.73. The van der Waals surface area contributed by atoms with Crippen LogP contribution < -0.4 is 5.32 Å². The molecule has 1 heterocycles. The minimum atomic E-state index is -1.35. The lowest BCUT2D eigenvalue weighted by Crippen LogP contribution is -2.57. The lowest BCUT2D eigenvalue weighted by atomic mass is 9.54. The number of nitrogens with zero attached hydrogens (tertiary/aromatic N) is 1. The average Bonchev–Trinajstić information content (AvgIpc) is 3.31. The Labute approximate surface area is 262 Å². The van der Waals surface area contributed by atoms with Crippen molar-refractivity contribution in [3.05, 3.63) is 135 Å². The van der Waals surface area contributed by atoms with Crippen LogP contribution in [0.25, 0.3) is 0 Å². The highest BCUT2D eigenvalue weighted by Crippen LogP contribution is 2.69. The Hall–Kier alpha value is -3.97. The maximum Gasteiger partial charge on any atom is 0.247 e. The van der Waals surface area contributed by atoms with Gasteiger partial charge in [0.1, 0.15) is 15.8 Å². The van der Waals surface area contributed by atoms with Crippen molar-refractivity contribution in [1.29, 1.82) is 0 Å². The van der Waals surface area contributed by atoms with Crippen LogP contribution in [0.4, 0.5) is 5.69 Å². The standard InChI is InChI=1S/C34H23Cl3N2O4/c1-18(30(41)38-26-16-15-20(35)17-21(26)29(40)19-9-3-2-4-10-19)39-31(42)27-28(32(39)43)34(37)23-12-6-5-11-22(23)33(27,36)24-13-7-8-14-25(24)34/h2-18,27-28H,1H3,(H,38,41)/t18-,27+,28+,33?,34?/m1/s1. The predicted molar refractivity (Wildman–Crippen MR) is 164 cm³/mol. The Bertz CT molecular complexity index is 1750. The summed E-state index contributed by atoms with van der Waals surface area (Å²) in [6.07, 6.45) is 0. The lowest BCUT2D eigenvalue weighted by Gasteiger charge is -2.54. The normalized spacial score (nSPS) is 25.5. The van der Waals surface area contributed by atoms with E-state index in [1.54, 1.807) is 36.4 Å². The summed E-state index contributed by atoms with van der Waals surface area (Å²) in [6, 6.07) is 26.6. The summed E-state index contributed by atoms with van der Waals surface area (Å²) in [5.41, 5.74) is 3.50. The minimum absolute atomic E-state index is 0.176. The van der Waals surface area contributed by atoms with Gasteiger partial charge in [-0.2, -0.15) is 0 Å². The molecule has 9 heteroatoms. The van der Waals surface area contributed by atoms with E-state index in [1.165, 1.54) is 19.1 Å². The molecule has 43 heavy (non-hydrogen) atoms. The van der Waals surface area contributed by atoms with Crippen LogP contribution in [0.1, 0.15) is 45.1 Å². The van der Waals surface area contributed by atoms with Crippen LogP contribution in [-0.4, -0.2) is 34.4 Å². The van der Waals surface area contributed by atoms with Crippen molar-refractivity contribution in [1.82, 2.24) is 4.90 Å². The quantitative estimate of drug-likeness (QED) is 0.155. The zero-order valence-corrected chi connectivity index (χ0v) is 25.0. The summed E-state index contributed by atoms with van der Waals surface area (Å²) in [4.78, 5) is 53.7. The summed E-state index contributed by atoms with van der Waals surface area (Å²) in [7, 11) is 0. The van der Waals surface area contributed by atoms with Crippen molar-refractivity contribution in [3.8, 4) is 0 Å². The van der Waals surface area contributed by atoms with Crippen molar-refractivity contribution in [3.63, 3.8) is 0 Å². The number of rotatable bonds is 5. The summed E-state index contributed by atoms with van der Waals surface area (Å²) in [6.45, 7) is 1.47. The van der Waals surface area contributed by atoms with Gasteiger partial charge in [0.15, 0.2) is 5.78 Å². The van der Waals surface area contributed by atoms with E-state index >= 15 is 0 Å². The monoisotopic (exact) mass is 628 g/mol. The zero-order valence-electron chi connectivity index (χ0n) is 22.7. The van der Waals surface area contributed by atoms with E-state index in [1.807, 2.05) is 48.5 Å². The summed E-state index contributed by atoms with van der Waals surface area (Å²) in [5.74, 6) is -4.18. The number of amides is 3. The van der Waals surface area contributed by atoms with Gasteiger partial charge >= 0.3 is 0 Å². The number of hydrogen-bond donors (Lipinski definition) is 1. The van der Waals surface area contributed by atoms with Gasteiger partial charge in [-0.3, -0.25) is 24.1 Å². The maximum atomic E-state index is 14.2. The van der Waals surface area contributed by atoms with Crippen LogP contribution >= 0.6 is 34.8 Å². The number of benzene rings is 4. The van der Waals surface area contributed by atoms with Gasteiger partial charge in [0.25, 0.3) is 0 Å². The zero-order chi connectivity index (χ0) is 30.3. The molecule has 1 N–H and O–H groups in total. The molecule has 6 nitrogen and oxygen atoms in total. The molecule has 2 bridgehead atoms. The first-order valence-electron chi connectivity index (χ1n) is 13.7. The topological polar surface area (TPSA) is 83.6 Å². The molecular formula is C34H23Cl3N2O4. The first-order chi connectivity index (χ1) is 20.6. The van der Waals surface area contributed by atoms with Crippen molar-refractivity contribution < 1.29 is 19.2 Å². The molecule has 8 rings (SSSR count). The summed E-state index contributed by atoms with van der Waals surface area (Å²) >= 11 is 21.2. The second-order valence-electron chi connectivity index (χ2n) is 11.1. The number of carbonyl (C=O) groups excluding carboxylic acids is 4. The predicted octanol–water partition coefficient (Wildman–Crippen LogP) is 6.49. The van der Waals surface area contributed by atoms with E-state index in [-0.39, 0.29) is 17.0 Å². The maximum absolute atomic E-state index is 14.2. The first-order valence-corrected chi connectivity index (χ1v) is 14.9. The molecule has 0 saturated carbocycles. The fraction of sp³-hybridized carbons (Fsp3) is 0.176. The van der Waals surface area contributed by atoms with E-state index in [9.17, 15) is 19.2 Å². The molecule has 0 aromatic heterocycles. The SMILES string of the molecule is C[C@H](C(=O)Nc1ccc(Cl)cc1C(=O)c1ccccc1)N1C(=O)[C@@H]2[C@@H](C1=O)C1(Cl)c3ccccc3C2(Cl)c2ccccc21. The van der Waals surface area contributed by atoms with Crippen LogP contribution in [0, 0.1) is 11.8 Å². The molecular weight excluding hydrogens is 607 g/mol. The van der Waals surface area contributed by atoms with Crippen LogP contribution in [0.5, 0.6) is 0 Å². The molecule has 0 spiro atoms. The number of hydrogen-bond acceptors (Lipinski definition) is 4. The second kappa shape index (κ2) is 9.78. The number of imide groups is 1. The largest absolute Gasteiger partial charge is 0.324 e. The van der Waals surface area contributed by atoms with Crippen molar-refractivity contribution in [2.75, 3.05) is 5.32 Å². The molecule has 0 unspecified atom stereocenters. The van der Waals surface area contributed by atoms with Gasteiger partial charge < -0.3 is 5.32 Å². The molecule has 0 radical (unpaired) electrons. The van der Waals surface area contributed by atoms with Crippen LogP contribution in [-0.2, 0) is 24.1 Å². The Balaban J connectivity index is 1.25. The van der Waals surface area contributed by atoms with E-state index < -0.39 is 45.3 Å². The van der Waals surface area contributed by atoms with Crippen LogP contribution in [0.15, 0.2) is 97.1 Å². The van der Waals surface area contributed by atoms with Gasteiger partial charge in [0, 0.05) is 16.1 Å². The Morgan fingerprint density at radius 2 is 1.21 bits per heavy atom. The van der Waals surface area contributed by atoms with E-state index in [2.05, 4.69) is 5.32 Å². The van der Waals surface area contributed by atoms with Crippen LogP contribution in [0.3, 0.4) is 0 Å². The van der Waals surface area contributed by atoms with E-state index in [4.69, 9.17) is 34.8 Å². The smallest absolute Gasteiger partial charge is 0.247 e. The third-order valence-electron chi connectivity index (χ3n) is 8.91. The molecule has 1 saturated heterocycles. The number of ketones is 1. The van der Waals surface area contributed by atoms with Crippen molar-refractivity contribution >= 4 is 64.0 Å². The van der Waals surface area contributed by atoms with Gasteiger partial charge in [0.2, 0.25) is 17.7 Å². The van der Waals surface area contributed by atoms with Crippen molar-refractivity contribution in [2.45, 2.75) is 22.7 Å². The minimum Gasteiger partial charge on any atom is -0.324 e. The number of anilines is 1. The lowest BCUT2D eigenvalue weighted by molar-refractivity contribution is -0.146. The fourth-order valence-electron chi connectivity index (χ4n) is 6.98. The highest BCUT2D eigenvalue weighted by molar-refractivity contribution is 6.36. The number of nitrogens with one attached hydrogen (secondary N) is 1. The Morgan fingerprint density at radius 3 is 1.70 bits per heavy atom. The highest BCUT2D eigenvalue weighted by atomic mass is 35.5. The molecule has 3 aliphatic carbocycles. The Kier molecular flexibility index (Phi) is 6.33. The molecule has 3 atom stereocenters. The van der Waals surface area contributed by atoms with E-state index in [0.29, 0.717) is 32.8 Å². The number of halogens is 3. The first kappa shape index (κ1) is 27.8. The molecule has 214 valence electrons. The van der Waals surface area contributed by atoms with Gasteiger partial charge in [0.05, 0.1) is 17.5 Å². The van der Waals surface area contributed by atoms with Crippen molar-refractivity contribution in [2.24, 2.45) is 11.8 Å². The molecule has 4 aliphatic rings. The number of likely N-dealkylation sites (tertiary alicyclic amines) is 1. The molecule has 1 fully saturated rings. The van der Waals surface area contributed by atoms with Gasteiger partial charge in [-0.25, -0.2) is 0 Å². The molecule has 4 aromatic carbocycles. The average molecular weight is 630 g/mol. The third-order valence-corrected chi connectivity index (χ3v) is 10.4. The summed E-state index contributed by atoms with van der Waals surface area (Å²) < 4.78 is 0. The number of alkyl halides is 2. The third kappa shape index (κ3) is 3.73. The summed E-state index contributed by atoms with van der Waals surface area (Å²) in [5, 5.41) is 3.06. The molecule has 3 amide bonds. The van der Waals surface area contributed by atoms with Gasteiger partial charge in [-0.05, 0) is 47.4 Å². The van der Waals surface area contributed by atoms with Gasteiger partial charge in [-0.15, -0.1) is 23.2 Å². The van der Waals surface area contributed by atoms with Crippen LogP contribution in [0.2, 0.25) is 5.02 Å². The second-order valence-corrected chi connectivity index (χ2v) is 12.7. The molecule has 1 aliphatic heterocycles. The Morgan fingerprint density at radius 1 is 0.744 bits per heavy atom. The molecule has 4 aromatic rings. The fourth-order valence-corrected chi connectivity index (χ4v) is 8.25. The van der Waals surface area contributed by atoms with Gasteiger partial charge in [-0.1, -0.05) is 90.5 Å². The number of carbonyl (C=O) groups is 4.